The van der Waals surface area contributed by atoms with Gasteiger partial charge in [-0.05, 0) is 82.9 Å². The summed E-state index contributed by atoms with van der Waals surface area (Å²) in [6.45, 7) is 0. The van der Waals surface area contributed by atoms with Gasteiger partial charge in [0.1, 0.15) is 22.3 Å². The Hall–Kier alpha value is -9.16. The number of fused-ring (bicyclic) bond motifs is 14. The van der Waals surface area contributed by atoms with Gasteiger partial charge in [-0.3, -0.25) is 0 Å². The maximum atomic E-state index is 16.8. The van der Waals surface area contributed by atoms with Gasteiger partial charge >= 0.3 is 0 Å². The smallest absolute Gasteiger partial charge is 0.171 e. The molecule has 2 atom stereocenters. The third-order valence-corrected chi connectivity index (χ3v) is 17.9. The maximum absolute atomic E-state index is 16.8. The molecule has 0 amide bonds. The zero-order chi connectivity index (χ0) is 47.5. The number of aromatic nitrogens is 3. The van der Waals surface area contributed by atoms with Gasteiger partial charge < -0.3 is 18.3 Å². The fourth-order valence-electron chi connectivity index (χ4n) is 11.7. The molecule has 1 spiro atoms. The zero-order valence-electron chi connectivity index (χ0n) is 38.5. The maximum Gasteiger partial charge on any atom is 0.171 e. The summed E-state index contributed by atoms with van der Waals surface area (Å²) in [5, 5.41) is 6.39. The monoisotopic (exact) mass is 942 g/mol. The van der Waals surface area contributed by atoms with Crippen molar-refractivity contribution in [3.8, 4) is 34.2 Å². The summed E-state index contributed by atoms with van der Waals surface area (Å²) in [5.41, 5.74) is 11.6. The second-order valence-electron chi connectivity index (χ2n) is 18.6. The van der Waals surface area contributed by atoms with Gasteiger partial charge in [-0.2, -0.15) is 0 Å². The number of para-hydroxylation sites is 4. The Labute approximate surface area is 413 Å². The van der Waals surface area contributed by atoms with Crippen LogP contribution in [-0.4, -0.2) is 15.0 Å². The van der Waals surface area contributed by atoms with Crippen molar-refractivity contribution in [2.24, 2.45) is 0 Å². The number of rotatable bonds is 5. The molecule has 0 N–H and O–H groups in total. The largest absolute Gasteiger partial charge is 0.456 e. The summed E-state index contributed by atoms with van der Waals surface area (Å²) in [5.74, 6) is 1.61. The predicted molar refractivity (Wildman–Crippen MR) is 290 cm³/mol. The van der Waals surface area contributed by atoms with Crippen LogP contribution in [0.4, 0.5) is 17.1 Å². The molecule has 8 heteroatoms. The summed E-state index contributed by atoms with van der Waals surface area (Å²) in [4.78, 5) is 18.1. The van der Waals surface area contributed by atoms with Gasteiger partial charge in [0.05, 0.1) is 16.8 Å². The molecule has 0 aliphatic carbocycles. The lowest BCUT2D eigenvalue weighted by Crippen LogP contribution is -2.49. The van der Waals surface area contributed by atoms with Crippen LogP contribution in [0.1, 0.15) is 22.3 Å². The van der Waals surface area contributed by atoms with E-state index in [0.29, 0.717) is 23.1 Å². The van der Waals surface area contributed by atoms with Crippen molar-refractivity contribution < 1.29 is 13.4 Å². The number of nitrogens with zero attached hydrogens (tertiary/aromatic N) is 4. The Morgan fingerprint density at radius 2 is 0.889 bits per heavy atom. The molecule has 2 aliphatic rings. The van der Waals surface area contributed by atoms with Gasteiger partial charge in [-0.25, -0.2) is 15.0 Å². The average Bonchev–Trinajstić information content (AvgIpc) is 4.02. The van der Waals surface area contributed by atoms with Crippen molar-refractivity contribution in [3.63, 3.8) is 0 Å². The molecular formula is C64H39N4O3P. The first-order valence-electron chi connectivity index (χ1n) is 24.1. The topological polar surface area (TPSA) is 85.3 Å². The second-order valence-corrected chi connectivity index (χ2v) is 21.3. The summed E-state index contributed by atoms with van der Waals surface area (Å²) in [6, 6.07) is 81.1. The molecule has 0 saturated heterocycles. The molecule has 5 heterocycles. The summed E-state index contributed by atoms with van der Waals surface area (Å²) >= 11 is 0. The van der Waals surface area contributed by atoms with E-state index in [1.807, 2.05) is 115 Å². The van der Waals surface area contributed by atoms with Crippen LogP contribution < -0.4 is 20.8 Å². The molecule has 3 aromatic heterocycles. The van der Waals surface area contributed by atoms with Crippen molar-refractivity contribution in [3.05, 3.63) is 259 Å². The first-order chi connectivity index (χ1) is 35.6. The van der Waals surface area contributed by atoms with Crippen LogP contribution in [0, 0.1) is 0 Å². The Bertz CT molecular complexity index is 4400. The molecule has 2 aliphatic heterocycles. The molecular weight excluding hydrogens is 904 g/mol. The Kier molecular flexibility index (Phi) is 8.72. The van der Waals surface area contributed by atoms with Gasteiger partial charge in [0, 0.05) is 59.8 Å². The molecule has 10 aromatic carbocycles. The van der Waals surface area contributed by atoms with Crippen molar-refractivity contribution in [2.45, 2.75) is 5.41 Å². The number of hydrogen-bond acceptors (Lipinski definition) is 7. The summed E-state index contributed by atoms with van der Waals surface area (Å²) in [6.07, 6.45) is 0. The third-order valence-electron chi connectivity index (χ3n) is 14.8. The molecule has 0 saturated carbocycles. The van der Waals surface area contributed by atoms with Crippen molar-refractivity contribution in [1.82, 2.24) is 15.0 Å². The molecule has 7 nitrogen and oxygen atoms in total. The summed E-state index contributed by atoms with van der Waals surface area (Å²) < 4.78 is 29.9. The Balaban J connectivity index is 1.04. The first-order valence-corrected chi connectivity index (χ1v) is 25.8. The highest BCUT2D eigenvalue weighted by atomic mass is 31.2. The standard InChI is InChI=1S/C64H39N4O3P/c69-72(44-22-8-3-9-23-44)59-31-17-13-27-51(59)64(52-38-48-46-25-11-16-30-56(46)71-58(48)39-60(52)72)49-26-12-14-28-53(49)68(43-20-6-2-7-21-43)54-36-41(33-35-50(54)64)62-65-61(40-18-4-1-5-19-40)66-63(67-62)42-32-34-47-45-24-10-15-29-55(45)70-57(47)37-42/h1-39H. The quantitative estimate of drug-likeness (QED) is 0.159. The molecule has 15 rings (SSSR count). The van der Waals surface area contributed by atoms with Crippen molar-refractivity contribution >= 4 is 84.0 Å². The Morgan fingerprint density at radius 3 is 1.62 bits per heavy atom. The van der Waals surface area contributed by atoms with Crippen LogP contribution in [0.15, 0.2) is 245 Å². The highest BCUT2D eigenvalue weighted by Crippen LogP contribution is 2.63. The van der Waals surface area contributed by atoms with E-state index in [1.165, 1.54) is 0 Å². The lowest BCUT2D eigenvalue weighted by Gasteiger charge is -2.50. The van der Waals surface area contributed by atoms with E-state index in [1.54, 1.807) is 0 Å². The predicted octanol–water partition coefficient (Wildman–Crippen LogP) is 14.8. The van der Waals surface area contributed by atoms with Gasteiger partial charge in [-0.1, -0.05) is 176 Å². The number of benzene rings is 10. The lowest BCUT2D eigenvalue weighted by atomic mass is 9.62. The second kappa shape index (κ2) is 15.4. The highest BCUT2D eigenvalue weighted by molar-refractivity contribution is 7.85. The van der Waals surface area contributed by atoms with E-state index in [-0.39, 0.29) is 0 Å². The molecule has 0 radical (unpaired) electrons. The van der Waals surface area contributed by atoms with Gasteiger partial charge in [0.2, 0.25) is 0 Å². The van der Waals surface area contributed by atoms with Crippen molar-refractivity contribution in [1.29, 1.82) is 0 Å². The Morgan fingerprint density at radius 1 is 0.361 bits per heavy atom. The van der Waals surface area contributed by atoms with Gasteiger partial charge in [0.15, 0.2) is 24.6 Å². The van der Waals surface area contributed by atoms with E-state index in [9.17, 15) is 0 Å². The van der Waals surface area contributed by atoms with Gasteiger partial charge in [-0.15, -0.1) is 0 Å². The minimum atomic E-state index is -3.54. The van der Waals surface area contributed by atoms with Gasteiger partial charge in [0.25, 0.3) is 0 Å². The minimum absolute atomic E-state index is 0.525. The molecule has 0 fully saturated rings. The molecule has 338 valence electrons. The number of anilines is 3. The number of furan rings is 2. The van der Waals surface area contributed by atoms with Crippen molar-refractivity contribution in [2.75, 3.05) is 4.90 Å². The average molecular weight is 943 g/mol. The first kappa shape index (κ1) is 40.7. The van der Waals surface area contributed by atoms with Crippen LogP contribution in [-0.2, 0) is 9.98 Å². The normalized spacial score (nSPS) is 16.8. The number of hydrogen-bond donors (Lipinski definition) is 0. The molecule has 72 heavy (non-hydrogen) atoms. The fraction of sp³-hybridized carbons (Fsp3) is 0.0156. The molecule has 13 aromatic rings. The fourth-order valence-corrected chi connectivity index (χ4v) is 14.8. The molecule has 2 unspecified atom stereocenters. The van der Waals surface area contributed by atoms with E-state index < -0.39 is 12.6 Å². The van der Waals surface area contributed by atoms with Crippen LogP contribution in [0.5, 0.6) is 0 Å². The van der Waals surface area contributed by atoms with E-state index in [0.717, 1.165) is 110 Å². The van der Waals surface area contributed by atoms with E-state index >= 15 is 4.57 Å². The lowest BCUT2D eigenvalue weighted by molar-refractivity contribution is 0.590. The zero-order valence-corrected chi connectivity index (χ0v) is 39.4. The van der Waals surface area contributed by atoms with Crippen LogP contribution in [0.3, 0.4) is 0 Å². The molecule has 0 bridgehead atoms. The third kappa shape index (κ3) is 5.74. The van der Waals surface area contributed by atoms with Crippen LogP contribution >= 0.6 is 7.14 Å². The SMILES string of the molecule is O=P1(c2ccccc2)c2ccccc2C2(c3ccccc3N(c3ccccc3)c3cc(-c4nc(-c5ccccc5)nc(-c5ccc6c(c5)oc5ccccc56)n4)ccc32)c2cc3c(cc21)oc1ccccc13. The van der Waals surface area contributed by atoms with E-state index in [4.69, 9.17) is 23.8 Å². The summed E-state index contributed by atoms with van der Waals surface area (Å²) in [7, 11) is -3.54. The van der Waals surface area contributed by atoms with E-state index in [2.05, 4.69) is 126 Å². The highest BCUT2D eigenvalue weighted by Gasteiger charge is 2.55. The van der Waals surface area contributed by atoms with Crippen LogP contribution in [0.2, 0.25) is 0 Å². The minimum Gasteiger partial charge on any atom is -0.456 e. The van der Waals surface area contributed by atoms with Crippen LogP contribution in [0.25, 0.3) is 78.0 Å².